The zero-order valence-corrected chi connectivity index (χ0v) is 13.8. The van der Waals surface area contributed by atoms with Gasteiger partial charge in [0.1, 0.15) is 0 Å². The Labute approximate surface area is 133 Å². The van der Waals surface area contributed by atoms with Gasteiger partial charge in [0.2, 0.25) is 0 Å². The van der Waals surface area contributed by atoms with Crippen molar-refractivity contribution in [3.8, 4) is 0 Å². The van der Waals surface area contributed by atoms with E-state index in [0.717, 1.165) is 24.3 Å². The van der Waals surface area contributed by atoms with E-state index in [1.807, 2.05) is 12.1 Å². The lowest BCUT2D eigenvalue weighted by Gasteiger charge is -2.40. The van der Waals surface area contributed by atoms with E-state index in [9.17, 15) is 10.1 Å². The Kier molecular flexibility index (Phi) is 4.20. The summed E-state index contributed by atoms with van der Waals surface area (Å²) in [7, 11) is 0. The molecule has 4 nitrogen and oxygen atoms in total. The van der Waals surface area contributed by atoms with Crippen LogP contribution in [0.5, 0.6) is 0 Å². The van der Waals surface area contributed by atoms with Crippen LogP contribution in [0.15, 0.2) is 18.2 Å². The number of alkyl halides is 1. The van der Waals surface area contributed by atoms with Gasteiger partial charge in [0.25, 0.3) is 5.69 Å². The average molecular weight is 353 g/mol. The minimum absolute atomic E-state index is 0.208. The summed E-state index contributed by atoms with van der Waals surface area (Å²) in [4.78, 5) is 13.1. The lowest BCUT2D eigenvalue weighted by molar-refractivity contribution is -0.385. The van der Waals surface area contributed by atoms with Crippen LogP contribution in [0.25, 0.3) is 0 Å². The zero-order valence-electron chi connectivity index (χ0n) is 12.2. The van der Waals surface area contributed by atoms with Crippen molar-refractivity contribution in [3.05, 3.63) is 33.9 Å². The van der Waals surface area contributed by atoms with Crippen molar-refractivity contribution in [1.82, 2.24) is 0 Å². The molecule has 1 aliphatic heterocycles. The predicted molar refractivity (Wildman–Crippen MR) is 88.1 cm³/mol. The second-order valence-corrected chi connectivity index (χ2v) is 6.96. The number of nitrogens with zero attached hydrogens (tertiary/aromatic N) is 2. The number of rotatable bonds is 3. The van der Waals surface area contributed by atoms with E-state index in [1.54, 1.807) is 6.07 Å². The summed E-state index contributed by atoms with van der Waals surface area (Å²) in [5.74, 6) is 0. The maximum absolute atomic E-state index is 11.0. The maximum atomic E-state index is 11.0. The third kappa shape index (κ3) is 2.93. The summed E-state index contributed by atoms with van der Waals surface area (Å²) in [5, 5.41) is 11.5. The SMILES string of the molecule is O=[N+]([O-])c1ccc(N2CCC3(CCCC3)CC2)cc1CBr. The van der Waals surface area contributed by atoms with E-state index in [0.29, 0.717) is 10.7 Å². The Morgan fingerprint density at radius 2 is 1.86 bits per heavy atom. The first-order chi connectivity index (χ1) is 10.1. The molecule has 114 valence electrons. The molecular weight excluding hydrogens is 332 g/mol. The molecule has 1 heterocycles. The fourth-order valence-corrected chi connectivity index (χ4v) is 4.37. The van der Waals surface area contributed by atoms with Gasteiger partial charge in [-0.1, -0.05) is 28.8 Å². The first-order valence-electron chi connectivity index (χ1n) is 7.72. The van der Waals surface area contributed by atoms with Crippen LogP contribution < -0.4 is 4.90 Å². The van der Waals surface area contributed by atoms with Gasteiger partial charge in [-0.2, -0.15) is 0 Å². The summed E-state index contributed by atoms with van der Waals surface area (Å²) in [6.07, 6.45) is 8.12. The molecule has 0 atom stereocenters. The summed E-state index contributed by atoms with van der Waals surface area (Å²) < 4.78 is 0. The molecule has 1 saturated carbocycles. The maximum Gasteiger partial charge on any atom is 0.273 e. The third-order valence-electron chi connectivity index (χ3n) is 5.26. The molecule has 0 unspecified atom stereocenters. The number of anilines is 1. The molecule has 2 fully saturated rings. The van der Waals surface area contributed by atoms with Crippen LogP contribution in [0.4, 0.5) is 11.4 Å². The number of hydrogen-bond acceptors (Lipinski definition) is 3. The quantitative estimate of drug-likeness (QED) is 0.451. The Morgan fingerprint density at radius 3 is 2.43 bits per heavy atom. The number of piperidine rings is 1. The van der Waals surface area contributed by atoms with Gasteiger partial charge in [-0.25, -0.2) is 0 Å². The van der Waals surface area contributed by atoms with Crippen LogP contribution in [-0.4, -0.2) is 18.0 Å². The molecule has 0 aromatic heterocycles. The molecule has 5 heteroatoms. The highest BCUT2D eigenvalue weighted by Crippen LogP contribution is 2.46. The van der Waals surface area contributed by atoms with Gasteiger partial charge in [-0.3, -0.25) is 10.1 Å². The van der Waals surface area contributed by atoms with Crippen molar-refractivity contribution in [2.75, 3.05) is 18.0 Å². The van der Waals surface area contributed by atoms with Gasteiger partial charge in [0.05, 0.1) is 4.92 Å². The molecule has 0 amide bonds. The third-order valence-corrected chi connectivity index (χ3v) is 5.86. The number of benzene rings is 1. The largest absolute Gasteiger partial charge is 0.371 e. The molecule has 2 aliphatic rings. The highest BCUT2D eigenvalue weighted by molar-refractivity contribution is 9.08. The Morgan fingerprint density at radius 1 is 1.19 bits per heavy atom. The number of nitro benzene ring substituents is 1. The van der Waals surface area contributed by atoms with Crippen molar-refractivity contribution >= 4 is 27.3 Å². The van der Waals surface area contributed by atoms with Gasteiger partial charge in [-0.15, -0.1) is 0 Å². The fourth-order valence-electron chi connectivity index (χ4n) is 3.92. The van der Waals surface area contributed by atoms with Crippen LogP contribution >= 0.6 is 15.9 Å². The lowest BCUT2D eigenvalue weighted by Crippen LogP contribution is -2.38. The molecule has 1 aromatic carbocycles. The van der Waals surface area contributed by atoms with Crippen LogP contribution in [-0.2, 0) is 5.33 Å². The van der Waals surface area contributed by atoms with Crippen LogP contribution in [0.1, 0.15) is 44.1 Å². The van der Waals surface area contributed by atoms with E-state index >= 15 is 0 Å². The van der Waals surface area contributed by atoms with Crippen molar-refractivity contribution in [2.45, 2.75) is 43.9 Å². The fraction of sp³-hybridized carbons (Fsp3) is 0.625. The van der Waals surface area contributed by atoms with Crippen LogP contribution in [0, 0.1) is 15.5 Å². The van der Waals surface area contributed by atoms with E-state index in [2.05, 4.69) is 20.8 Å². The minimum atomic E-state index is -0.301. The van der Waals surface area contributed by atoms with Crippen molar-refractivity contribution in [1.29, 1.82) is 0 Å². The van der Waals surface area contributed by atoms with Crippen molar-refractivity contribution < 1.29 is 4.92 Å². The lowest BCUT2D eigenvalue weighted by atomic mass is 9.77. The first-order valence-corrected chi connectivity index (χ1v) is 8.84. The zero-order chi connectivity index (χ0) is 14.9. The van der Waals surface area contributed by atoms with E-state index in [4.69, 9.17) is 0 Å². The Bertz CT molecular complexity index is 531. The monoisotopic (exact) mass is 352 g/mol. The second kappa shape index (κ2) is 5.95. The highest BCUT2D eigenvalue weighted by atomic mass is 79.9. The highest BCUT2D eigenvalue weighted by Gasteiger charge is 2.37. The standard InChI is InChI=1S/C16H21BrN2O2/c17-12-13-11-14(3-4-15(13)19(20)21)18-9-7-16(8-10-18)5-1-2-6-16/h3-4,11H,1-2,5-10,12H2. The average Bonchev–Trinajstić information content (AvgIpc) is 2.95. The van der Waals surface area contributed by atoms with Gasteiger partial charge in [0.15, 0.2) is 0 Å². The second-order valence-electron chi connectivity index (χ2n) is 6.40. The number of hydrogen-bond donors (Lipinski definition) is 0. The molecule has 0 N–H and O–H groups in total. The van der Waals surface area contributed by atoms with Gasteiger partial charge < -0.3 is 4.90 Å². The molecular formula is C16H21BrN2O2. The van der Waals surface area contributed by atoms with Crippen LogP contribution in [0.2, 0.25) is 0 Å². The molecule has 1 aromatic rings. The molecule has 1 spiro atoms. The molecule has 3 rings (SSSR count). The predicted octanol–water partition coefficient (Wildman–Crippen LogP) is 4.65. The summed E-state index contributed by atoms with van der Waals surface area (Å²) >= 11 is 3.36. The van der Waals surface area contributed by atoms with E-state index in [-0.39, 0.29) is 10.6 Å². The molecule has 0 bridgehead atoms. The summed E-state index contributed by atoms with van der Waals surface area (Å²) in [5.41, 5.74) is 2.71. The smallest absolute Gasteiger partial charge is 0.273 e. The minimum Gasteiger partial charge on any atom is -0.371 e. The van der Waals surface area contributed by atoms with Gasteiger partial charge >= 0.3 is 0 Å². The molecule has 0 radical (unpaired) electrons. The molecule has 21 heavy (non-hydrogen) atoms. The first kappa shape index (κ1) is 14.8. The van der Waals surface area contributed by atoms with Gasteiger partial charge in [0, 0.05) is 35.7 Å². The Balaban J connectivity index is 1.74. The van der Waals surface area contributed by atoms with E-state index < -0.39 is 0 Å². The number of halogens is 1. The van der Waals surface area contributed by atoms with Crippen molar-refractivity contribution in [2.24, 2.45) is 5.41 Å². The summed E-state index contributed by atoms with van der Waals surface area (Å²) in [6, 6.07) is 5.52. The summed E-state index contributed by atoms with van der Waals surface area (Å²) in [6.45, 7) is 2.17. The topological polar surface area (TPSA) is 46.4 Å². The molecule has 1 saturated heterocycles. The number of nitro groups is 1. The van der Waals surface area contributed by atoms with Crippen LogP contribution in [0.3, 0.4) is 0 Å². The Hall–Kier alpha value is -1.10. The van der Waals surface area contributed by atoms with E-state index in [1.165, 1.54) is 38.5 Å². The molecule has 1 aliphatic carbocycles. The normalized spacial score (nSPS) is 20.9. The van der Waals surface area contributed by atoms with Gasteiger partial charge in [-0.05, 0) is 43.2 Å². The van der Waals surface area contributed by atoms with Crippen molar-refractivity contribution in [3.63, 3.8) is 0 Å².